The van der Waals surface area contributed by atoms with Gasteiger partial charge in [0.25, 0.3) is 5.91 Å². The zero-order valence-corrected chi connectivity index (χ0v) is 10.0. The number of aromatic amines is 1. The summed E-state index contributed by atoms with van der Waals surface area (Å²) in [7, 11) is 0. The molecular formula is C11H15ClN2O2. The van der Waals surface area contributed by atoms with Gasteiger partial charge in [0, 0.05) is 29.9 Å². The van der Waals surface area contributed by atoms with Gasteiger partial charge < -0.3 is 10.3 Å². The lowest BCUT2D eigenvalue weighted by molar-refractivity contribution is 0.0937. The summed E-state index contributed by atoms with van der Waals surface area (Å²) < 4.78 is 0. The van der Waals surface area contributed by atoms with Crippen molar-refractivity contribution in [2.45, 2.75) is 31.7 Å². The van der Waals surface area contributed by atoms with Crippen LogP contribution in [0.3, 0.4) is 0 Å². The highest BCUT2D eigenvalue weighted by molar-refractivity contribution is 6.20. The molecule has 5 heteroatoms. The van der Waals surface area contributed by atoms with Crippen LogP contribution < -0.4 is 10.7 Å². The Hall–Kier alpha value is -1.29. The summed E-state index contributed by atoms with van der Waals surface area (Å²) in [6.07, 6.45) is 3.55. The average molecular weight is 243 g/mol. The Morgan fingerprint density at radius 1 is 1.56 bits per heavy atom. The molecule has 2 N–H and O–H groups in total. The van der Waals surface area contributed by atoms with Crippen molar-refractivity contribution in [3.05, 3.63) is 34.2 Å². The second-order valence-corrected chi connectivity index (χ2v) is 4.56. The van der Waals surface area contributed by atoms with E-state index in [2.05, 4.69) is 10.3 Å². The molecule has 88 valence electrons. The summed E-state index contributed by atoms with van der Waals surface area (Å²) in [5.41, 5.74) is -0.168. The number of carbonyl (C=O) groups is 1. The van der Waals surface area contributed by atoms with E-state index in [1.807, 2.05) is 13.8 Å². The summed E-state index contributed by atoms with van der Waals surface area (Å²) in [5.74, 6) is -0.369. The summed E-state index contributed by atoms with van der Waals surface area (Å²) in [4.78, 5) is 25.8. The van der Waals surface area contributed by atoms with Crippen molar-refractivity contribution in [2.75, 3.05) is 0 Å². The van der Waals surface area contributed by atoms with Crippen LogP contribution in [0, 0.1) is 0 Å². The monoisotopic (exact) mass is 242 g/mol. The highest BCUT2D eigenvalue weighted by Crippen LogP contribution is 2.04. The van der Waals surface area contributed by atoms with Gasteiger partial charge in [-0.1, -0.05) is 0 Å². The van der Waals surface area contributed by atoms with Gasteiger partial charge in [-0.05, 0) is 20.3 Å². The van der Waals surface area contributed by atoms with E-state index in [1.165, 1.54) is 18.5 Å². The number of H-pyrrole nitrogens is 1. The number of hydrogen-bond acceptors (Lipinski definition) is 2. The van der Waals surface area contributed by atoms with Crippen molar-refractivity contribution in [1.29, 1.82) is 0 Å². The van der Waals surface area contributed by atoms with E-state index in [-0.39, 0.29) is 28.3 Å². The smallest absolute Gasteiger partial charge is 0.256 e. The molecule has 0 saturated heterocycles. The molecule has 0 radical (unpaired) electrons. The van der Waals surface area contributed by atoms with Crippen LogP contribution in [0.4, 0.5) is 0 Å². The van der Waals surface area contributed by atoms with Gasteiger partial charge in [-0.2, -0.15) is 0 Å². The number of rotatable bonds is 4. The number of halogens is 1. The fourth-order valence-electron chi connectivity index (χ4n) is 1.44. The van der Waals surface area contributed by atoms with E-state index in [9.17, 15) is 9.59 Å². The van der Waals surface area contributed by atoms with E-state index in [0.717, 1.165) is 0 Å². The maximum absolute atomic E-state index is 11.7. The molecule has 0 spiro atoms. The van der Waals surface area contributed by atoms with Crippen LogP contribution in [0.15, 0.2) is 23.3 Å². The molecule has 1 amide bonds. The lowest BCUT2D eigenvalue weighted by Gasteiger charge is -2.14. The topological polar surface area (TPSA) is 62.0 Å². The first-order chi connectivity index (χ1) is 7.50. The maximum Gasteiger partial charge on any atom is 0.256 e. The fourth-order valence-corrected chi connectivity index (χ4v) is 1.71. The van der Waals surface area contributed by atoms with Crippen molar-refractivity contribution in [3.8, 4) is 0 Å². The predicted molar refractivity (Wildman–Crippen MR) is 63.9 cm³/mol. The average Bonchev–Trinajstić information content (AvgIpc) is 2.16. The van der Waals surface area contributed by atoms with Crippen molar-refractivity contribution in [1.82, 2.24) is 10.3 Å². The molecule has 0 aromatic carbocycles. The Labute approximate surface area is 99.0 Å². The molecule has 0 aliphatic carbocycles. The Balaban J connectivity index is 2.66. The molecule has 1 aromatic rings. The van der Waals surface area contributed by atoms with Gasteiger partial charge in [-0.25, -0.2) is 0 Å². The highest BCUT2D eigenvalue weighted by atomic mass is 35.5. The summed E-state index contributed by atoms with van der Waals surface area (Å²) in [6.45, 7) is 3.72. The first-order valence-corrected chi connectivity index (χ1v) is 5.56. The summed E-state index contributed by atoms with van der Waals surface area (Å²) >= 11 is 5.81. The van der Waals surface area contributed by atoms with Gasteiger partial charge in [0.2, 0.25) is 0 Å². The third-order valence-electron chi connectivity index (χ3n) is 2.12. The molecule has 0 bridgehead atoms. The van der Waals surface area contributed by atoms with Gasteiger partial charge >= 0.3 is 0 Å². The molecule has 1 rings (SSSR count). The van der Waals surface area contributed by atoms with E-state index >= 15 is 0 Å². The normalized spacial score (nSPS) is 14.2. The Bertz CT molecular complexity index is 414. The Kier molecular flexibility index (Phi) is 4.55. The quantitative estimate of drug-likeness (QED) is 0.787. The van der Waals surface area contributed by atoms with E-state index in [1.54, 1.807) is 0 Å². The van der Waals surface area contributed by atoms with Gasteiger partial charge in [0.1, 0.15) is 5.56 Å². The predicted octanol–water partition coefficient (Wildman–Crippen LogP) is 1.51. The Morgan fingerprint density at radius 2 is 2.25 bits per heavy atom. The number of amides is 1. The van der Waals surface area contributed by atoms with Gasteiger partial charge in [0.05, 0.1) is 0 Å². The molecule has 1 heterocycles. The van der Waals surface area contributed by atoms with Crippen LogP contribution in [-0.2, 0) is 0 Å². The third-order valence-corrected chi connectivity index (χ3v) is 2.30. The van der Waals surface area contributed by atoms with Gasteiger partial charge in [0.15, 0.2) is 5.43 Å². The molecule has 0 aliphatic heterocycles. The van der Waals surface area contributed by atoms with E-state index < -0.39 is 0 Å². The molecule has 16 heavy (non-hydrogen) atoms. The largest absolute Gasteiger partial charge is 0.367 e. The molecule has 2 atom stereocenters. The third kappa shape index (κ3) is 3.70. The van der Waals surface area contributed by atoms with Crippen molar-refractivity contribution in [3.63, 3.8) is 0 Å². The zero-order valence-electron chi connectivity index (χ0n) is 9.29. The maximum atomic E-state index is 11.7. The Morgan fingerprint density at radius 3 is 2.81 bits per heavy atom. The molecule has 0 aliphatic rings. The van der Waals surface area contributed by atoms with E-state index in [4.69, 9.17) is 11.6 Å². The van der Waals surface area contributed by atoms with Crippen LogP contribution in [0.2, 0.25) is 0 Å². The number of aromatic nitrogens is 1. The number of pyridine rings is 1. The van der Waals surface area contributed by atoms with Crippen LogP contribution >= 0.6 is 11.6 Å². The first-order valence-electron chi connectivity index (χ1n) is 5.12. The zero-order chi connectivity index (χ0) is 12.1. The molecule has 1 aromatic heterocycles. The number of alkyl halides is 1. The number of hydrogen-bond donors (Lipinski definition) is 2. The lowest BCUT2D eigenvalue weighted by atomic mass is 10.1. The number of nitrogens with one attached hydrogen (secondary N) is 2. The van der Waals surface area contributed by atoms with Crippen LogP contribution in [-0.4, -0.2) is 22.3 Å². The summed E-state index contributed by atoms with van der Waals surface area (Å²) in [5, 5.41) is 2.72. The molecule has 4 nitrogen and oxygen atoms in total. The summed E-state index contributed by atoms with van der Waals surface area (Å²) in [6, 6.07) is 1.27. The van der Waals surface area contributed by atoms with Crippen molar-refractivity contribution in [2.24, 2.45) is 0 Å². The van der Waals surface area contributed by atoms with Crippen LogP contribution in [0.25, 0.3) is 0 Å². The fraction of sp³-hybridized carbons (Fsp3) is 0.455. The second-order valence-electron chi connectivity index (χ2n) is 3.81. The SMILES string of the molecule is CC(Cl)CC(C)NC(=O)c1c[nH]ccc1=O. The minimum Gasteiger partial charge on any atom is -0.367 e. The minimum atomic E-state index is -0.369. The molecular weight excluding hydrogens is 228 g/mol. The minimum absolute atomic E-state index is 0.00985. The first kappa shape index (κ1) is 12.8. The van der Waals surface area contributed by atoms with Gasteiger partial charge in [-0.15, -0.1) is 11.6 Å². The number of carbonyl (C=O) groups excluding carboxylic acids is 1. The highest BCUT2D eigenvalue weighted by Gasteiger charge is 2.13. The lowest BCUT2D eigenvalue weighted by Crippen LogP contribution is -2.36. The van der Waals surface area contributed by atoms with Crippen molar-refractivity contribution < 1.29 is 4.79 Å². The standard InChI is InChI=1S/C11H15ClN2O2/c1-7(12)5-8(2)14-11(16)9-6-13-4-3-10(9)15/h3-4,6-8H,5H2,1-2H3,(H,13,15)(H,14,16). The van der Waals surface area contributed by atoms with Crippen LogP contribution in [0.5, 0.6) is 0 Å². The molecule has 0 saturated carbocycles. The van der Waals surface area contributed by atoms with E-state index in [0.29, 0.717) is 6.42 Å². The van der Waals surface area contributed by atoms with Crippen molar-refractivity contribution >= 4 is 17.5 Å². The molecule has 0 fully saturated rings. The van der Waals surface area contributed by atoms with Crippen LogP contribution in [0.1, 0.15) is 30.6 Å². The van der Waals surface area contributed by atoms with Gasteiger partial charge in [-0.3, -0.25) is 9.59 Å². The second kappa shape index (κ2) is 5.70. The molecule has 2 unspecified atom stereocenters.